The monoisotopic (exact) mass is 274 g/mol. The van der Waals surface area contributed by atoms with Gasteiger partial charge >= 0.3 is 0 Å². The SMILES string of the molecule is Cl.Nc1ccc(Cl)cc1[C@@H](N)c1cccs1. The molecule has 2 nitrogen and oxygen atoms in total. The van der Waals surface area contributed by atoms with Gasteiger partial charge in [-0.25, -0.2) is 0 Å². The van der Waals surface area contributed by atoms with E-state index >= 15 is 0 Å². The van der Waals surface area contributed by atoms with Crippen molar-refractivity contribution in [3.05, 3.63) is 51.2 Å². The van der Waals surface area contributed by atoms with Crippen molar-refractivity contribution in [3.8, 4) is 0 Å². The molecule has 16 heavy (non-hydrogen) atoms. The van der Waals surface area contributed by atoms with Gasteiger partial charge in [0.05, 0.1) is 6.04 Å². The molecule has 1 atom stereocenters. The first-order valence-electron chi connectivity index (χ1n) is 4.52. The van der Waals surface area contributed by atoms with E-state index in [0.717, 1.165) is 10.4 Å². The van der Waals surface area contributed by atoms with Crippen molar-refractivity contribution in [1.29, 1.82) is 0 Å². The summed E-state index contributed by atoms with van der Waals surface area (Å²) in [6.07, 6.45) is 0. The van der Waals surface area contributed by atoms with Gasteiger partial charge in [-0.1, -0.05) is 17.7 Å². The summed E-state index contributed by atoms with van der Waals surface area (Å²) in [7, 11) is 0. The normalized spacial score (nSPS) is 11.9. The fraction of sp³-hybridized carbons (Fsp3) is 0.0909. The van der Waals surface area contributed by atoms with Gasteiger partial charge in [0.25, 0.3) is 0 Å². The van der Waals surface area contributed by atoms with Crippen LogP contribution in [0.25, 0.3) is 0 Å². The Morgan fingerprint density at radius 2 is 2.00 bits per heavy atom. The summed E-state index contributed by atoms with van der Waals surface area (Å²) >= 11 is 7.53. The highest BCUT2D eigenvalue weighted by Gasteiger charge is 2.13. The number of thiophene rings is 1. The predicted molar refractivity (Wildman–Crippen MR) is 73.5 cm³/mol. The van der Waals surface area contributed by atoms with Gasteiger partial charge in [-0.05, 0) is 35.2 Å². The summed E-state index contributed by atoms with van der Waals surface area (Å²) in [6, 6.07) is 9.15. The van der Waals surface area contributed by atoms with Gasteiger partial charge in [-0.3, -0.25) is 0 Å². The smallest absolute Gasteiger partial charge is 0.0666 e. The minimum absolute atomic E-state index is 0. The Balaban J connectivity index is 0.00000128. The summed E-state index contributed by atoms with van der Waals surface area (Å²) in [5.41, 5.74) is 13.5. The minimum Gasteiger partial charge on any atom is -0.398 e. The second-order valence-electron chi connectivity index (χ2n) is 3.27. The topological polar surface area (TPSA) is 52.0 Å². The van der Waals surface area contributed by atoms with Gasteiger partial charge in [0.2, 0.25) is 0 Å². The minimum atomic E-state index is -0.191. The summed E-state index contributed by atoms with van der Waals surface area (Å²) in [6.45, 7) is 0. The molecule has 2 rings (SSSR count). The van der Waals surface area contributed by atoms with Crippen molar-refractivity contribution in [2.75, 3.05) is 5.73 Å². The van der Waals surface area contributed by atoms with Crippen LogP contribution >= 0.6 is 35.3 Å². The zero-order valence-corrected chi connectivity index (χ0v) is 10.8. The van der Waals surface area contributed by atoms with Gasteiger partial charge < -0.3 is 11.5 Å². The van der Waals surface area contributed by atoms with Crippen molar-refractivity contribution >= 4 is 41.0 Å². The number of halogens is 2. The van der Waals surface area contributed by atoms with Crippen LogP contribution in [0, 0.1) is 0 Å². The first-order chi connectivity index (χ1) is 7.18. The van der Waals surface area contributed by atoms with Crippen LogP contribution in [-0.4, -0.2) is 0 Å². The van der Waals surface area contributed by atoms with Crippen molar-refractivity contribution in [1.82, 2.24) is 0 Å². The van der Waals surface area contributed by atoms with E-state index in [9.17, 15) is 0 Å². The number of hydrogen-bond donors (Lipinski definition) is 2. The van der Waals surface area contributed by atoms with Gasteiger partial charge in [0.15, 0.2) is 0 Å². The number of nitrogens with two attached hydrogens (primary N) is 2. The van der Waals surface area contributed by atoms with E-state index < -0.39 is 0 Å². The molecule has 0 aliphatic heterocycles. The quantitative estimate of drug-likeness (QED) is 0.825. The third-order valence-electron chi connectivity index (χ3n) is 2.23. The average molecular weight is 275 g/mol. The van der Waals surface area contributed by atoms with Crippen molar-refractivity contribution < 1.29 is 0 Å². The zero-order chi connectivity index (χ0) is 10.8. The van der Waals surface area contributed by atoms with E-state index in [0.29, 0.717) is 10.7 Å². The van der Waals surface area contributed by atoms with Crippen LogP contribution in [-0.2, 0) is 0 Å². The zero-order valence-electron chi connectivity index (χ0n) is 8.39. The third-order valence-corrected chi connectivity index (χ3v) is 3.42. The molecular formula is C11H12Cl2N2S. The Morgan fingerprint density at radius 1 is 1.25 bits per heavy atom. The van der Waals surface area contributed by atoms with Crippen molar-refractivity contribution in [3.63, 3.8) is 0 Å². The van der Waals surface area contributed by atoms with Crippen LogP contribution in [0.4, 0.5) is 5.69 Å². The maximum atomic E-state index is 6.10. The van der Waals surface area contributed by atoms with Crippen molar-refractivity contribution in [2.24, 2.45) is 5.73 Å². The van der Waals surface area contributed by atoms with Crippen LogP contribution in [0.15, 0.2) is 35.7 Å². The van der Waals surface area contributed by atoms with E-state index in [1.54, 1.807) is 23.5 Å². The summed E-state index contributed by atoms with van der Waals surface area (Å²) in [5.74, 6) is 0. The summed E-state index contributed by atoms with van der Waals surface area (Å²) in [5, 5.41) is 2.65. The fourth-order valence-corrected chi connectivity index (χ4v) is 2.36. The molecule has 0 aliphatic carbocycles. The molecule has 1 aromatic carbocycles. The molecule has 0 fully saturated rings. The summed E-state index contributed by atoms with van der Waals surface area (Å²) < 4.78 is 0. The first kappa shape index (κ1) is 13.3. The molecular weight excluding hydrogens is 263 g/mol. The molecule has 0 saturated heterocycles. The van der Waals surface area contributed by atoms with Gasteiger partial charge in [-0.2, -0.15) is 0 Å². The molecule has 0 unspecified atom stereocenters. The molecule has 4 N–H and O–H groups in total. The molecule has 86 valence electrons. The molecule has 1 heterocycles. The fourth-order valence-electron chi connectivity index (χ4n) is 1.44. The highest BCUT2D eigenvalue weighted by Crippen LogP contribution is 2.29. The molecule has 5 heteroatoms. The van der Waals surface area contributed by atoms with Crippen LogP contribution in [0.5, 0.6) is 0 Å². The summed E-state index contributed by atoms with van der Waals surface area (Å²) in [4.78, 5) is 1.09. The Morgan fingerprint density at radius 3 is 2.62 bits per heavy atom. The second kappa shape index (κ2) is 5.55. The largest absolute Gasteiger partial charge is 0.398 e. The number of benzene rings is 1. The van der Waals surface area contributed by atoms with E-state index in [-0.39, 0.29) is 18.4 Å². The van der Waals surface area contributed by atoms with Crippen LogP contribution in [0.2, 0.25) is 5.02 Å². The third kappa shape index (κ3) is 2.68. The lowest BCUT2D eigenvalue weighted by atomic mass is 10.0. The lowest BCUT2D eigenvalue weighted by Gasteiger charge is -2.13. The molecule has 0 radical (unpaired) electrons. The molecule has 0 saturated carbocycles. The lowest BCUT2D eigenvalue weighted by Crippen LogP contribution is -2.12. The van der Waals surface area contributed by atoms with Gasteiger partial charge in [0.1, 0.15) is 0 Å². The van der Waals surface area contributed by atoms with E-state index in [1.807, 2.05) is 23.6 Å². The van der Waals surface area contributed by atoms with E-state index in [4.69, 9.17) is 23.1 Å². The Bertz CT molecular complexity index is 457. The van der Waals surface area contributed by atoms with Gasteiger partial charge in [-0.15, -0.1) is 23.7 Å². The maximum Gasteiger partial charge on any atom is 0.0666 e. The van der Waals surface area contributed by atoms with Gasteiger partial charge in [0, 0.05) is 15.6 Å². The molecule has 0 spiro atoms. The Kier molecular flexibility index (Phi) is 4.62. The molecule has 0 amide bonds. The molecule has 1 aromatic heterocycles. The first-order valence-corrected chi connectivity index (χ1v) is 5.78. The van der Waals surface area contributed by atoms with E-state index in [1.165, 1.54) is 0 Å². The van der Waals surface area contributed by atoms with E-state index in [2.05, 4.69) is 0 Å². The highest BCUT2D eigenvalue weighted by atomic mass is 35.5. The Hall–Kier alpha value is -0.740. The maximum absolute atomic E-state index is 6.10. The lowest BCUT2D eigenvalue weighted by molar-refractivity contribution is 0.897. The average Bonchev–Trinajstić information content (AvgIpc) is 2.74. The molecule has 2 aromatic rings. The number of hydrogen-bond acceptors (Lipinski definition) is 3. The van der Waals surface area contributed by atoms with Crippen LogP contribution in [0.1, 0.15) is 16.5 Å². The predicted octanol–water partition coefficient (Wildman–Crippen LogP) is 3.45. The highest BCUT2D eigenvalue weighted by molar-refractivity contribution is 7.10. The number of rotatable bonds is 2. The second-order valence-corrected chi connectivity index (χ2v) is 4.68. The molecule has 0 aliphatic rings. The standard InChI is InChI=1S/C11H11ClN2S.ClH/c12-7-3-4-9(13)8(6-7)11(14)10-2-1-5-15-10;/h1-6,11H,13-14H2;1H/t11-;/m1./s1. The number of nitrogen functional groups attached to an aromatic ring is 1. The van der Waals surface area contributed by atoms with Crippen LogP contribution < -0.4 is 11.5 Å². The van der Waals surface area contributed by atoms with Crippen LogP contribution in [0.3, 0.4) is 0 Å². The van der Waals surface area contributed by atoms with Crippen molar-refractivity contribution in [2.45, 2.75) is 6.04 Å². The molecule has 0 bridgehead atoms. The number of anilines is 1. The Labute approximate surface area is 110 Å².